The van der Waals surface area contributed by atoms with Gasteiger partial charge in [-0.2, -0.15) is 0 Å². The van der Waals surface area contributed by atoms with E-state index in [-0.39, 0.29) is 23.7 Å². The average molecular weight is 385 g/mol. The molecule has 5 atom stereocenters. The van der Waals surface area contributed by atoms with Crippen molar-refractivity contribution in [2.75, 3.05) is 20.7 Å². The van der Waals surface area contributed by atoms with Gasteiger partial charge in [0.15, 0.2) is 23.4 Å². The van der Waals surface area contributed by atoms with Crippen LogP contribution in [0.15, 0.2) is 12.1 Å². The van der Waals surface area contributed by atoms with Crippen LogP contribution in [0.5, 0.6) is 11.5 Å². The monoisotopic (exact) mass is 385 g/mol. The maximum absolute atomic E-state index is 13.2. The molecule has 4 aliphatic rings. The van der Waals surface area contributed by atoms with Crippen LogP contribution in [-0.2, 0) is 26.2 Å². The Balaban J connectivity index is 1.85. The fourth-order valence-electron chi connectivity index (χ4n) is 6.58. The van der Waals surface area contributed by atoms with Crippen LogP contribution < -0.4 is 9.47 Å². The van der Waals surface area contributed by atoms with Crippen LogP contribution >= 0.6 is 0 Å². The number of ketones is 1. The number of rotatable bonds is 3. The molecule has 1 spiro atoms. The van der Waals surface area contributed by atoms with E-state index in [9.17, 15) is 9.59 Å². The first-order valence-corrected chi connectivity index (χ1v) is 10.2. The number of nitrogens with zero attached hydrogens (tertiary/aromatic N) is 1. The third-order valence-corrected chi connectivity index (χ3v) is 7.66. The van der Waals surface area contributed by atoms with Gasteiger partial charge in [0.1, 0.15) is 5.60 Å². The standard InChI is InChI=1S/C22H27NO5/c1-5-17(25)28-22-12(2)10-14(24)20-21(22)8-9-23(3)16(22)11-13-6-7-15(26-4)19(27-20)18(13)21/h6-7,12,16,20H,5,8-11H2,1-4H3. The third kappa shape index (κ3) is 1.83. The van der Waals surface area contributed by atoms with E-state index in [1.165, 1.54) is 5.56 Å². The molecule has 2 heterocycles. The van der Waals surface area contributed by atoms with Crippen LogP contribution in [0.25, 0.3) is 0 Å². The zero-order valence-corrected chi connectivity index (χ0v) is 16.9. The number of hydrogen-bond donors (Lipinski definition) is 0. The van der Waals surface area contributed by atoms with Gasteiger partial charge in [0.05, 0.1) is 18.6 Å². The van der Waals surface area contributed by atoms with Gasteiger partial charge in [-0.05, 0) is 38.1 Å². The molecule has 0 amide bonds. The predicted molar refractivity (Wildman–Crippen MR) is 102 cm³/mol. The summed E-state index contributed by atoms with van der Waals surface area (Å²) in [4.78, 5) is 28.2. The number of likely N-dealkylation sites (tertiary alicyclic amines) is 1. The zero-order valence-electron chi connectivity index (χ0n) is 16.9. The second-order valence-corrected chi connectivity index (χ2v) is 8.74. The first kappa shape index (κ1) is 18.0. The fourth-order valence-corrected chi connectivity index (χ4v) is 6.58. The molecule has 5 unspecified atom stereocenters. The predicted octanol–water partition coefficient (Wildman–Crippen LogP) is 2.26. The SMILES string of the molecule is CCC(=O)OC12C(C)CC(=O)C3Oc4c(OC)ccc5c4C31CCN(C)C2C5. The Bertz CT molecular complexity index is 882. The zero-order chi connectivity index (χ0) is 19.8. The Kier molecular flexibility index (Phi) is 3.67. The van der Waals surface area contributed by atoms with Crippen molar-refractivity contribution in [3.63, 3.8) is 0 Å². The molecular weight excluding hydrogens is 358 g/mol. The van der Waals surface area contributed by atoms with Crippen LogP contribution in [0, 0.1) is 5.92 Å². The Morgan fingerprint density at radius 1 is 1.36 bits per heavy atom. The van der Waals surface area contributed by atoms with Crippen molar-refractivity contribution < 1.29 is 23.8 Å². The van der Waals surface area contributed by atoms with Gasteiger partial charge in [-0.1, -0.05) is 19.9 Å². The number of carbonyl (C=O) groups excluding carboxylic acids is 2. The highest BCUT2D eigenvalue weighted by Crippen LogP contribution is 2.67. The van der Waals surface area contributed by atoms with Crippen molar-refractivity contribution in [1.29, 1.82) is 0 Å². The molecule has 6 heteroatoms. The number of Topliss-reactive ketones (excluding diaryl/α,β-unsaturated/α-hetero) is 1. The molecule has 2 bridgehead atoms. The van der Waals surface area contributed by atoms with Gasteiger partial charge in [0.2, 0.25) is 0 Å². The molecule has 2 aliphatic carbocycles. The van der Waals surface area contributed by atoms with Gasteiger partial charge in [-0.25, -0.2) is 0 Å². The summed E-state index contributed by atoms with van der Waals surface area (Å²) in [7, 11) is 3.72. The van der Waals surface area contributed by atoms with Crippen LogP contribution in [0.2, 0.25) is 0 Å². The van der Waals surface area contributed by atoms with E-state index < -0.39 is 17.1 Å². The van der Waals surface area contributed by atoms with Gasteiger partial charge in [0, 0.05) is 24.3 Å². The molecule has 1 saturated carbocycles. The lowest BCUT2D eigenvalue weighted by Gasteiger charge is -2.65. The molecule has 1 saturated heterocycles. The van der Waals surface area contributed by atoms with Crippen LogP contribution in [0.3, 0.4) is 0 Å². The minimum absolute atomic E-state index is 0.0257. The molecule has 0 radical (unpaired) electrons. The molecule has 28 heavy (non-hydrogen) atoms. The first-order valence-electron chi connectivity index (χ1n) is 10.2. The molecule has 2 fully saturated rings. The highest BCUT2D eigenvalue weighted by molar-refractivity contribution is 5.91. The van der Waals surface area contributed by atoms with E-state index in [2.05, 4.69) is 24.9 Å². The second-order valence-electron chi connectivity index (χ2n) is 8.74. The smallest absolute Gasteiger partial charge is 0.306 e. The summed E-state index contributed by atoms with van der Waals surface area (Å²) in [6, 6.07) is 4.04. The van der Waals surface area contributed by atoms with Crippen LogP contribution in [-0.4, -0.2) is 55.1 Å². The van der Waals surface area contributed by atoms with Gasteiger partial charge >= 0.3 is 5.97 Å². The van der Waals surface area contributed by atoms with E-state index in [4.69, 9.17) is 14.2 Å². The molecule has 2 aliphatic heterocycles. The first-order chi connectivity index (χ1) is 13.4. The lowest BCUT2D eigenvalue weighted by molar-refractivity contribution is -0.228. The third-order valence-electron chi connectivity index (χ3n) is 7.66. The average Bonchev–Trinajstić information content (AvgIpc) is 3.03. The molecule has 1 aromatic rings. The van der Waals surface area contributed by atoms with Crippen molar-refractivity contribution in [2.24, 2.45) is 5.92 Å². The largest absolute Gasteiger partial charge is 0.493 e. The number of carbonyl (C=O) groups is 2. The summed E-state index contributed by atoms with van der Waals surface area (Å²) in [5.74, 6) is 1.14. The van der Waals surface area contributed by atoms with E-state index >= 15 is 0 Å². The number of hydrogen-bond acceptors (Lipinski definition) is 6. The van der Waals surface area contributed by atoms with Gasteiger partial charge in [0.25, 0.3) is 0 Å². The molecule has 5 rings (SSSR count). The summed E-state index contributed by atoms with van der Waals surface area (Å²) < 4.78 is 18.3. The molecule has 1 aromatic carbocycles. The van der Waals surface area contributed by atoms with E-state index in [1.807, 2.05) is 13.0 Å². The van der Waals surface area contributed by atoms with Crippen molar-refractivity contribution in [1.82, 2.24) is 4.90 Å². The van der Waals surface area contributed by atoms with E-state index in [0.29, 0.717) is 24.3 Å². The Morgan fingerprint density at radius 3 is 2.86 bits per heavy atom. The molecule has 0 N–H and O–H groups in total. The normalized spacial score (nSPS) is 37.9. The highest BCUT2D eigenvalue weighted by Gasteiger charge is 2.77. The second kappa shape index (κ2) is 5.72. The number of esters is 1. The Labute approximate surface area is 165 Å². The number of ether oxygens (including phenoxy) is 3. The Morgan fingerprint density at radius 2 is 2.14 bits per heavy atom. The summed E-state index contributed by atoms with van der Waals surface area (Å²) >= 11 is 0. The van der Waals surface area contributed by atoms with E-state index in [1.54, 1.807) is 7.11 Å². The Hall–Kier alpha value is -2.08. The van der Waals surface area contributed by atoms with E-state index in [0.717, 1.165) is 24.9 Å². The quantitative estimate of drug-likeness (QED) is 0.744. The molecule has 150 valence electrons. The minimum atomic E-state index is -0.768. The maximum Gasteiger partial charge on any atom is 0.306 e. The van der Waals surface area contributed by atoms with Crippen LogP contribution in [0.1, 0.15) is 44.2 Å². The number of benzene rings is 1. The minimum Gasteiger partial charge on any atom is -0.493 e. The summed E-state index contributed by atoms with van der Waals surface area (Å²) in [5.41, 5.74) is 0.822. The molecule has 0 aromatic heterocycles. The fraction of sp³-hybridized carbons (Fsp3) is 0.636. The lowest BCUT2D eigenvalue weighted by atomic mass is 9.46. The number of piperidine rings is 1. The summed E-state index contributed by atoms with van der Waals surface area (Å²) in [6.07, 6.45) is 1.56. The highest BCUT2D eigenvalue weighted by atomic mass is 16.6. The van der Waals surface area contributed by atoms with Crippen LogP contribution in [0.4, 0.5) is 0 Å². The molecular formula is C22H27NO5. The summed E-state index contributed by atoms with van der Waals surface area (Å²) in [5, 5.41) is 0. The maximum atomic E-state index is 13.2. The van der Waals surface area contributed by atoms with Gasteiger partial charge in [-0.15, -0.1) is 0 Å². The van der Waals surface area contributed by atoms with Crippen molar-refractivity contribution in [2.45, 2.75) is 62.7 Å². The number of methoxy groups -OCH3 is 1. The topological polar surface area (TPSA) is 65.1 Å². The van der Waals surface area contributed by atoms with Crippen molar-refractivity contribution in [3.05, 3.63) is 23.3 Å². The lowest BCUT2D eigenvalue weighted by Crippen LogP contribution is -2.79. The summed E-state index contributed by atoms with van der Waals surface area (Å²) in [6.45, 7) is 4.73. The van der Waals surface area contributed by atoms with Gasteiger partial charge in [-0.3, -0.25) is 14.5 Å². The van der Waals surface area contributed by atoms with Crippen molar-refractivity contribution in [3.8, 4) is 11.5 Å². The van der Waals surface area contributed by atoms with Crippen molar-refractivity contribution >= 4 is 11.8 Å². The van der Waals surface area contributed by atoms with Gasteiger partial charge < -0.3 is 14.2 Å². The number of likely N-dealkylation sites (N-methyl/N-ethyl adjacent to an activating group) is 1. The molecule has 6 nitrogen and oxygen atoms in total.